The summed E-state index contributed by atoms with van der Waals surface area (Å²) in [7, 11) is 0. The van der Waals surface area contributed by atoms with Crippen molar-refractivity contribution in [3.63, 3.8) is 0 Å². The predicted octanol–water partition coefficient (Wildman–Crippen LogP) is 3.95. The first kappa shape index (κ1) is 21.8. The number of carbonyl (C=O) groups is 1. The topological polar surface area (TPSA) is 77.8 Å². The molecule has 4 aliphatic rings. The van der Waals surface area contributed by atoms with Gasteiger partial charge in [0.15, 0.2) is 0 Å². The van der Waals surface area contributed by atoms with Gasteiger partial charge in [-0.2, -0.15) is 0 Å². The SMILES string of the molecule is CC(=O)CC[C@@H](C)C1CC[C@H]2C3C(O)CC4C[C@H](O)CCC4(C)[C@H]3C[C@H](O)C12C. The average Bonchev–Trinajstić information content (AvgIpc) is 3.01. The van der Waals surface area contributed by atoms with Crippen LogP contribution in [0.15, 0.2) is 0 Å². The van der Waals surface area contributed by atoms with Crippen molar-refractivity contribution in [1.82, 2.24) is 0 Å². The second-order valence-electron chi connectivity index (χ2n) is 11.7. The lowest BCUT2D eigenvalue weighted by molar-refractivity contribution is -0.207. The first-order valence-electron chi connectivity index (χ1n) is 12.1. The van der Waals surface area contributed by atoms with E-state index < -0.39 is 0 Å². The van der Waals surface area contributed by atoms with Gasteiger partial charge >= 0.3 is 0 Å². The number of rotatable bonds is 4. The molecule has 4 heteroatoms. The van der Waals surface area contributed by atoms with E-state index in [0.717, 1.165) is 51.4 Å². The number of ketones is 1. The van der Waals surface area contributed by atoms with Gasteiger partial charge in [-0.25, -0.2) is 0 Å². The maximum Gasteiger partial charge on any atom is 0.129 e. The summed E-state index contributed by atoms with van der Waals surface area (Å²) in [6.45, 7) is 8.59. The minimum atomic E-state index is -0.337. The lowest BCUT2D eigenvalue weighted by Gasteiger charge is -2.63. The number of aliphatic hydroxyl groups is 3. The summed E-state index contributed by atoms with van der Waals surface area (Å²) in [6.07, 6.45) is 7.12. The fourth-order valence-electron chi connectivity index (χ4n) is 8.76. The monoisotopic (exact) mass is 406 g/mol. The van der Waals surface area contributed by atoms with Gasteiger partial charge in [-0.3, -0.25) is 0 Å². The van der Waals surface area contributed by atoms with Crippen LogP contribution in [0.25, 0.3) is 0 Å². The van der Waals surface area contributed by atoms with Gasteiger partial charge in [0.2, 0.25) is 0 Å². The number of fused-ring (bicyclic) bond motifs is 5. The summed E-state index contributed by atoms with van der Waals surface area (Å²) in [5.74, 6) is 2.45. The molecule has 4 nitrogen and oxygen atoms in total. The number of hydrogen-bond acceptors (Lipinski definition) is 4. The zero-order valence-corrected chi connectivity index (χ0v) is 18.8. The molecule has 0 aliphatic heterocycles. The molecule has 0 heterocycles. The lowest BCUT2D eigenvalue weighted by Crippen LogP contribution is -2.62. The summed E-state index contributed by atoms with van der Waals surface area (Å²) in [6, 6.07) is 0. The molecule has 0 spiro atoms. The van der Waals surface area contributed by atoms with Crippen molar-refractivity contribution in [3.05, 3.63) is 0 Å². The van der Waals surface area contributed by atoms with E-state index >= 15 is 0 Å². The van der Waals surface area contributed by atoms with Crippen LogP contribution in [0.5, 0.6) is 0 Å². The zero-order valence-electron chi connectivity index (χ0n) is 18.8. The van der Waals surface area contributed by atoms with Crippen LogP contribution < -0.4 is 0 Å². The summed E-state index contributed by atoms with van der Waals surface area (Å²) < 4.78 is 0. The van der Waals surface area contributed by atoms with Crippen LogP contribution in [-0.4, -0.2) is 39.4 Å². The van der Waals surface area contributed by atoms with Crippen LogP contribution in [0.4, 0.5) is 0 Å². The third-order valence-corrected chi connectivity index (χ3v) is 10.5. The Morgan fingerprint density at radius 2 is 1.76 bits per heavy atom. The standard InChI is InChI=1S/C25H42O4/c1-14(5-6-15(2)26)18-7-8-19-23-20(13-22(29)25(18,19)4)24(3)10-9-17(27)11-16(24)12-21(23)28/h14,16-23,27-29H,5-13H2,1-4H3/t14-,16?,17-,18?,19+,20+,21?,22+,23?,24?,25?/m1/s1. The molecule has 4 aliphatic carbocycles. The highest BCUT2D eigenvalue weighted by molar-refractivity contribution is 5.75. The third kappa shape index (κ3) is 3.32. The zero-order chi connectivity index (χ0) is 21.1. The molecule has 6 unspecified atom stereocenters. The Morgan fingerprint density at radius 3 is 2.45 bits per heavy atom. The van der Waals surface area contributed by atoms with Crippen molar-refractivity contribution < 1.29 is 20.1 Å². The molecule has 29 heavy (non-hydrogen) atoms. The molecule has 0 aromatic rings. The van der Waals surface area contributed by atoms with Crippen LogP contribution in [0, 0.1) is 46.3 Å². The Morgan fingerprint density at radius 1 is 1.03 bits per heavy atom. The highest BCUT2D eigenvalue weighted by atomic mass is 16.3. The van der Waals surface area contributed by atoms with E-state index in [1.54, 1.807) is 6.92 Å². The van der Waals surface area contributed by atoms with Gasteiger partial charge in [0.05, 0.1) is 18.3 Å². The Kier molecular flexibility index (Phi) is 5.71. The highest BCUT2D eigenvalue weighted by Gasteiger charge is 2.65. The molecule has 0 aromatic carbocycles. The highest BCUT2D eigenvalue weighted by Crippen LogP contribution is 2.68. The van der Waals surface area contributed by atoms with Crippen LogP contribution >= 0.6 is 0 Å². The van der Waals surface area contributed by atoms with E-state index in [2.05, 4.69) is 20.8 Å². The van der Waals surface area contributed by atoms with Crippen molar-refractivity contribution in [2.24, 2.45) is 46.3 Å². The van der Waals surface area contributed by atoms with Crippen molar-refractivity contribution >= 4 is 5.78 Å². The normalized spacial score (nSPS) is 52.9. The number of carbonyl (C=O) groups excluding carboxylic acids is 1. The molecule has 0 saturated heterocycles. The van der Waals surface area contributed by atoms with Crippen molar-refractivity contribution in [3.8, 4) is 0 Å². The fraction of sp³-hybridized carbons (Fsp3) is 0.960. The molecule has 4 fully saturated rings. The Hall–Kier alpha value is -0.450. The minimum Gasteiger partial charge on any atom is -0.393 e. The maximum absolute atomic E-state index is 11.5. The number of Topliss-reactive ketones (excluding diaryl/α,β-unsaturated/α-hetero) is 1. The summed E-state index contributed by atoms with van der Waals surface area (Å²) in [5, 5.41) is 33.0. The van der Waals surface area contributed by atoms with Gasteiger partial charge in [-0.15, -0.1) is 0 Å². The first-order valence-corrected chi connectivity index (χ1v) is 12.1. The maximum atomic E-state index is 11.5. The minimum absolute atomic E-state index is 0.129. The van der Waals surface area contributed by atoms with Gasteiger partial charge in [0.25, 0.3) is 0 Å². The Balaban J connectivity index is 1.61. The molecule has 4 rings (SSSR count). The second kappa shape index (κ2) is 7.60. The average molecular weight is 407 g/mol. The van der Waals surface area contributed by atoms with Crippen LogP contribution in [0.1, 0.15) is 85.5 Å². The molecule has 0 amide bonds. The van der Waals surface area contributed by atoms with E-state index in [4.69, 9.17) is 0 Å². The molecule has 11 atom stereocenters. The third-order valence-electron chi connectivity index (χ3n) is 10.5. The summed E-state index contributed by atoms with van der Waals surface area (Å²) in [4.78, 5) is 11.5. The quantitative estimate of drug-likeness (QED) is 0.660. The van der Waals surface area contributed by atoms with Gasteiger partial charge in [0, 0.05) is 6.42 Å². The molecular formula is C25H42O4. The summed E-state index contributed by atoms with van der Waals surface area (Å²) >= 11 is 0. The Labute approximate surface area is 176 Å². The Bertz CT molecular complexity index is 634. The lowest BCUT2D eigenvalue weighted by atomic mass is 9.43. The number of hydrogen-bond donors (Lipinski definition) is 3. The van der Waals surface area contributed by atoms with Crippen molar-refractivity contribution in [2.75, 3.05) is 0 Å². The van der Waals surface area contributed by atoms with Crippen molar-refractivity contribution in [1.29, 1.82) is 0 Å². The first-order chi connectivity index (χ1) is 13.6. The van der Waals surface area contributed by atoms with Gasteiger partial charge in [-0.1, -0.05) is 20.8 Å². The van der Waals surface area contributed by atoms with Gasteiger partial charge < -0.3 is 20.1 Å². The van der Waals surface area contributed by atoms with E-state index in [1.807, 2.05) is 0 Å². The second-order valence-corrected chi connectivity index (χ2v) is 11.7. The molecular weight excluding hydrogens is 364 g/mol. The molecule has 4 saturated carbocycles. The van der Waals surface area contributed by atoms with Gasteiger partial charge in [0.1, 0.15) is 5.78 Å². The largest absolute Gasteiger partial charge is 0.393 e. The van der Waals surface area contributed by atoms with E-state index in [-0.39, 0.29) is 40.8 Å². The molecule has 166 valence electrons. The smallest absolute Gasteiger partial charge is 0.129 e. The molecule has 0 aromatic heterocycles. The van der Waals surface area contributed by atoms with Crippen LogP contribution in [0.3, 0.4) is 0 Å². The van der Waals surface area contributed by atoms with Crippen LogP contribution in [-0.2, 0) is 4.79 Å². The van der Waals surface area contributed by atoms with E-state index in [9.17, 15) is 20.1 Å². The fourth-order valence-corrected chi connectivity index (χ4v) is 8.76. The van der Waals surface area contributed by atoms with Crippen molar-refractivity contribution in [2.45, 2.75) is 104 Å². The van der Waals surface area contributed by atoms with E-state index in [1.165, 1.54) is 0 Å². The summed E-state index contributed by atoms with van der Waals surface area (Å²) in [5.41, 5.74) is -0.0283. The van der Waals surface area contributed by atoms with E-state index in [0.29, 0.717) is 36.0 Å². The van der Waals surface area contributed by atoms with Crippen LogP contribution in [0.2, 0.25) is 0 Å². The number of aliphatic hydroxyl groups excluding tert-OH is 3. The molecule has 0 bridgehead atoms. The predicted molar refractivity (Wildman–Crippen MR) is 113 cm³/mol. The molecule has 3 N–H and O–H groups in total. The molecule has 0 radical (unpaired) electrons. The van der Waals surface area contributed by atoms with Gasteiger partial charge in [-0.05, 0) is 105 Å².